The van der Waals surface area contributed by atoms with Crippen molar-refractivity contribution in [1.29, 1.82) is 5.26 Å². The van der Waals surface area contributed by atoms with Gasteiger partial charge in [0.25, 0.3) is 0 Å². The largest absolute Gasteiger partial charge is 0.244 e. The third-order valence-electron chi connectivity index (χ3n) is 2.94. The van der Waals surface area contributed by atoms with E-state index in [9.17, 15) is 8.42 Å². The number of hydrogen-bond acceptors (Lipinski definition) is 4. The molecule has 0 fully saturated rings. The van der Waals surface area contributed by atoms with Crippen LogP contribution in [0, 0.1) is 11.3 Å². The van der Waals surface area contributed by atoms with E-state index in [1.165, 1.54) is 23.9 Å². The summed E-state index contributed by atoms with van der Waals surface area (Å²) in [6.07, 6.45) is 2.72. The summed E-state index contributed by atoms with van der Waals surface area (Å²) in [6.45, 7) is 0.358. The van der Waals surface area contributed by atoms with Crippen LogP contribution in [-0.4, -0.2) is 19.9 Å². The van der Waals surface area contributed by atoms with Crippen molar-refractivity contribution in [3.05, 3.63) is 59.9 Å². The Labute approximate surface area is 124 Å². The Morgan fingerprint density at radius 1 is 1.14 bits per heavy atom. The van der Waals surface area contributed by atoms with E-state index in [1.54, 1.807) is 0 Å². The molecular formula is C15H15N3O2S. The summed E-state index contributed by atoms with van der Waals surface area (Å²) < 4.78 is 26.6. The van der Waals surface area contributed by atoms with Crippen LogP contribution in [0.15, 0.2) is 53.6 Å². The van der Waals surface area contributed by atoms with Crippen LogP contribution in [-0.2, 0) is 16.4 Å². The molecule has 1 aromatic heterocycles. The summed E-state index contributed by atoms with van der Waals surface area (Å²) in [4.78, 5) is 3.83. The molecule has 2 aromatic rings. The van der Waals surface area contributed by atoms with Gasteiger partial charge in [0, 0.05) is 12.7 Å². The van der Waals surface area contributed by atoms with Crippen LogP contribution in [0.3, 0.4) is 0 Å². The van der Waals surface area contributed by atoms with E-state index >= 15 is 0 Å². The smallest absolute Gasteiger partial charge is 0.242 e. The van der Waals surface area contributed by atoms with Crippen molar-refractivity contribution >= 4 is 10.0 Å². The van der Waals surface area contributed by atoms with Crippen LogP contribution in [0.1, 0.15) is 17.7 Å². The van der Waals surface area contributed by atoms with Crippen molar-refractivity contribution < 1.29 is 8.42 Å². The molecule has 21 heavy (non-hydrogen) atoms. The fourth-order valence-electron chi connectivity index (χ4n) is 1.83. The van der Waals surface area contributed by atoms with Crippen LogP contribution in [0.4, 0.5) is 0 Å². The number of nitrogens with one attached hydrogen (secondary N) is 1. The molecule has 0 spiro atoms. The van der Waals surface area contributed by atoms with E-state index in [2.05, 4.69) is 9.71 Å². The van der Waals surface area contributed by atoms with Crippen LogP contribution >= 0.6 is 0 Å². The Kier molecular flexibility index (Phi) is 5.04. The lowest BCUT2D eigenvalue weighted by Gasteiger charge is -2.06. The molecule has 0 aliphatic heterocycles. The van der Waals surface area contributed by atoms with Crippen molar-refractivity contribution in [2.24, 2.45) is 0 Å². The predicted octanol–water partition coefficient (Wildman–Crippen LogP) is 1.86. The van der Waals surface area contributed by atoms with Crippen molar-refractivity contribution in [2.75, 3.05) is 6.54 Å². The van der Waals surface area contributed by atoms with Gasteiger partial charge in [-0.2, -0.15) is 5.26 Å². The van der Waals surface area contributed by atoms with E-state index < -0.39 is 10.0 Å². The Hall–Kier alpha value is -2.23. The van der Waals surface area contributed by atoms with E-state index in [0.29, 0.717) is 13.0 Å². The van der Waals surface area contributed by atoms with Gasteiger partial charge < -0.3 is 0 Å². The molecule has 0 aliphatic rings. The maximum atomic E-state index is 12.0. The van der Waals surface area contributed by atoms with Gasteiger partial charge in [0.2, 0.25) is 10.0 Å². The van der Waals surface area contributed by atoms with Crippen molar-refractivity contribution in [1.82, 2.24) is 9.71 Å². The average molecular weight is 301 g/mol. The molecular weight excluding hydrogens is 286 g/mol. The molecule has 0 amide bonds. The van der Waals surface area contributed by atoms with Gasteiger partial charge in [-0.25, -0.2) is 18.1 Å². The highest BCUT2D eigenvalue weighted by Gasteiger charge is 2.13. The molecule has 0 radical (unpaired) electrons. The molecule has 6 heteroatoms. The maximum absolute atomic E-state index is 12.0. The van der Waals surface area contributed by atoms with Gasteiger partial charge in [-0.15, -0.1) is 0 Å². The minimum atomic E-state index is -3.56. The Bertz CT molecular complexity index is 720. The highest BCUT2D eigenvalue weighted by Crippen LogP contribution is 2.08. The lowest BCUT2D eigenvalue weighted by atomic mass is 10.1. The topological polar surface area (TPSA) is 82.8 Å². The van der Waals surface area contributed by atoms with Gasteiger partial charge in [-0.1, -0.05) is 30.3 Å². The van der Waals surface area contributed by atoms with Gasteiger partial charge in [-0.05, 0) is 30.5 Å². The number of rotatable bonds is 6. The first-order valence-corrected chi connectivity index (χ1v) is 8.00. The lowest BCUT2D eigenvalue weighted by molar-refractivity contribution is 0.578. The van der Waals surface area contributed by atoms with Crippen molar-refractivity contribution in [3.63, 3.8) is 0 Å². The van der Waals surface area contributed by atoms with E-state index in [0.717, 1.165) is 6.42 Å². The number of hydrogen-bond donors (Lipinski definition) is 1. The monoisotopic (exact) mass is 301 g/mol. The standard InChI is InChI=1S/C15H15N3O2S/c16-11-14-8-9-15(12-17-14)21(19,20)18-10-4-7-13-5-2-1-3-6-13/h1-3,5-6,8-9,12,18H,4,7,10H2. The molecule has 1 heterocycles. The van der Waals surface area contributed by atoms with E-state index in [-0.39, 0.29) is 10.6 Å². The minimum absolute atomic E-state index is 0.0706. The maximum Gasteiger partial charge on any atom is 0.242 e. The fourth-order valence-corrected chi connectivity index (χ4v) is 2.85. The van der Waals surface area contributed by atoms with Crippen LogP contribution in [0.25, 0.3) is 0 Å². The zero-order valence-electron chi connectivity index (χ0n) is 11.4. The third-order valence-corrected chi connectivity index (χ3v) is 4.38. The zero-order valence-corrected chi connectivity index (χ0v) is 12.2. The van der Waals surface area contributed by atoms with Crippen molar-refractivity contribution in [2.45, 2.75) is 17.7 Å². The first-order valence-electron chi connectivity index (χ1n) is 6.51. The molecule has 5 nitrogen and oxygen atoms in total. The molecule has 0 unspecified atom stereocenters. The first kappa shape index (κ1) is 15.2. The number of aryl methyl sites for hydroxylation is 1. The summed E-state index contributed by atoms with van der Waals surface area (Å²) in [5.74, 6) is 0. The summed E-state index contributed by atoms with van der Waals surface area (Å²) in [5.41, 5.74) is 1.37. The third kappa shape index (κ3) is 4.38. The van der Waals surface area contributed by atoms with Gasteiger partial charge in [0.05, 0.1) is 0 Å². The summed E-state index contributed by atoms with van der Waals surface area (Å²) >= 11 is 0. The average Bonchev–Trinajstić information content (AvgIpc) is 2.53. The SMILES string of the molecule is N#Cc1ccc(S(=O)(=O)NCCCc2ccccc2)cn1. The Morgan fingerprint density at radius 3 is 2.52 bits per heavy atom. The molecule has 0 aliphatic carbocycles. The molecule has 0 atom stereocenters. The van der Waals surface area contributed by atoms with Crippen molar-refractivity contribution in [3.8, 4) is 6.07 Å². The first-order chi connectivity index (χ1) is 10.1. The molecule has 0 saturated carbocycles. The second kappa shape index (κ2) is 6.97. The predicted molar refractivity (Wildman–Crippen MR) is 78.9 cm³/mol. The van der Waals surface area contributed by atoms with Crippen LogP contribution in [0.2, 0.25) is 0 Å². The van der Waals surface area contributed by atoms with Gasteiger partial charge in [-0.3, -0.25) is 0 Å². The van der Waals surface area contributed by atoms with E-state index in [4.69, 9.17) is 5.26 Å². The Morgan fingerprint density at radius 2 is 1.90 bits per heavy atom. The Balaban J connectivity index is 1.88. The highest BCUT2D eigenvalue weighted by molar-refractivity contribution is 7.89. The number of benzene rings is 1. The number of sulfonamides is 1. The van der Waals surface area contributed by atoms with Crippen LogP contribution in [0.5, 0.6) is 0 Å². The highest BCUT2D eigenvalue weighted by atomic mass is 32.2. The van der Waals surface area contributed by atoms with Gasteiger partial charge in [0.1, 0.15) is 16.7 Å². The second-order valence-electron chi connectivity index (χ2n) is 4.48. The molecule has 1 aromatic carbocycles. The zero-order chi connectivity index (χ0) is 15.1. The lowest BCUT2D eigenvalue weighted by Crippen LogP contribution is -2.25. The summed E-state index contributed by atoms with van der Waals surface area (Å²) in [6, 6.07) is 14.5. The fraction of sp³-hybridized carbons (Fsp3) is 0.200. The minimum Gasteiger partial charge on any atom is -0.244 e. The molecule has 0 bridgehead atoms. The quantitative estimate of drug-likeness (QED) is 0.826. The number of pyridine rings is 1. The van der Waals surface area contributed by atoms with Gasteiger partial charge >= 0.3 is 0 Å². The molecule has 1 N–H and O–H groups in total. The molecule has 0 saturated heterocycles. The molecule has 2 rings (SSSR count). The van der Waals surface area contributed by atoms with E-state index in [1.807, 2.05) is 36.4 Å². The van der Waals surface area contributed by atoms with Crippen LogP contribution < -0.4 is 4.72 Å². The van der Waals surface area contributed by atoms with Gasteiger partial charge in [0.15, 0.2) is 0 Å². The number of aromatic nitrogens is 1. The summed E-state index contributed by atoms with van der Waals surface area (Å²) in [5, 5.41) is 8.64. The number of nitrogens with zero attached hydrogens (tertiary/aromatic N) is 2. The normalized spacial score (nSPS) is 11.0. The molecule has 108 valence electrons. The summed E-state index contributed by atoms with van der Waals surface area (Å²) in [7, 11) is -3.56. The number of nitriles is 1. The second-order valence-corrected chi connectivity index (χ2v) is 6.24.